The number of rotatable bonds is 9. The molecule has 2 aliphatic heterocycles. The van der Waals surface area contributed by atoms with Crippen LogP contribution in [0.4, 0.5) is 5.69 Å². The summed E-state index contributed by atoms with van der Waals surface area (Å²) in [6, 6.07) is 13.8. The number of ether oxygens (including phenoxy) is 2. The molecule has 2 heterocycles. The Morgan fingerprint density at radius 3 is 2.62 bits per heavy atom. The van der Waals surface area contributed by atoms with E-state index in [-0.39, 0.29) is 24.2 Å². The number of nitrogens with zero attached hydrogens (tertiary/aromatic N) is 2. The Morgan fingerprint density at radius 1 is 1.06 bits per heavy atom. The van der Waals surface area contributed by atoms with Crippen LogP contribution in [-0.2, 0) is 22.6 Å². The van der Waals surface area contributed by atoms with Crippen molar-refractivity contribution in [2.45, 2.75) is 19.4 Å². The topological polar surface area (TPSA) is 71.1 Å². The molecule has 2 aromatic carbocycles. The van der Waals surface area contributed by atoms with Gasteiger partial charge in [0.1, 0.15) is 0 Å². The monoisotopic (exact) mass is 483 g/mol. The SMILES string of the molecule is COc1ccc(CCN2CC(C(=O)Nc3cccc(CN4CCSCC4)c3)CC2=O)cc1OC. The number of carbonyl (C=O) groups excluding carboxylic acids is 2. The molecule has 7 nitrogen and oxygen atoms in total. The van der Waals surface area contributed by atoms with Crippen LogP contribution in [0.3, 0.4) is 0 Å². The quantitative estimate of drug-likeness (QED) is 0.590. The lowest BCUT2D eigenvalue weighted by Crippen LogP contribution is -2.32. The van der Waals surface area contributed by atoms with Gasteiger partial charge in [-0.2, -0.15) is 11.8 Å². The van der Waals surface area contributed by atoms with Crippen molar-refractivity contribution in [2.24, 2.45) is 5.92 Å². The van der Waals surface area contributed by atoms with Crippen LogP contribution in [0.25, 0.3) is 0 Å². The van der Waals surface area contributed by atoms with Gasteiger partial charge in [0, 0.05) is 56.3 Å². The Balaban J connectivity index is 1.29. The summed E-state index contributed by atoms with van der Waals surface area (Å²) in [5.74, 6) is 3.31. The molecule has 0 spiro atoms. The summed E-state index contributed by atoms with van der Waals surface area (Å²) in [5, 5.41) is 3.03. The zero-order chi connectivity index (χ0) is 23.9. The highest BCUT2D eigenvalue weighted by Crippen LogP contribution is 2.28. The molecule has 0 saturated carbocycles. The van der Waals surface area contributed by atoms with E-state index < -0.39 is 0 Å². The van der Waals surface area contributed by atoms with E-state index >= 15 is 0 Å². The van der Waals surface area contributed by atoms with Crippen LogP contribution >= 0.6 is 11.8 Å². The Bertz CT molecular complexity index is 1010. The molecule has 1 N–H and O–H groups in total. The number of nitrogens with one attached hydrogen (secondary N) is 1. The van der Waals surface area contributed by atoms with E-state index in [4.69, 9.17) is 9.47 Å². The summed E-state index contributed by atoms with van der Waals surface area (Å²) in [6.45, 7) is 4.12. The highest BCUT2D eigenvalue weighted by atomic mass is 32.2. The maximum Gasteiger partial charge on any atom is 0.229 e. The number of thioether (sulfide) groups is 1. The number of carbonyl (C=O) groups is 2. The van der Waals surface area contributed by atoms with Gasteiger partial charge in [0.2, 0.25) is 11.8 Å². The third-order valence-electron chi connectivity index (χ3n) is 6.41. The Morgan fingerprint density at radius 2 is 1.85 bits per heavy atom. The average molecular weight is 484 g/mol. The molecule has 34 heavy (non-hydrogen) atoms. The number of hydrogen-bond acceptors (Lipinski definition) is 6. The molecular formula is C26H33N3O4S. The molecule has 2 aromatic rings. The van der Waals surface area contributed by atoms with Crippen molar-refractivity contribution in [3.8, 4) is 11.5 Å². The van der Waals surface area contributed by atoms with Crippen LogP contribution in [0.1, 0.15) is 17.5 Å². The first-order valence-corrected chi connectivity index (χ1v) is 12.9. The second kappa shape index (κ2) is 11.6. The van der Waals surface area contributed by atoms with Crippen LogP contribution in [-0.4, -0.2) is 73.5 Å². The van der Waals surface area contributed by atoms with Gasteiger partial charge in [0.05, 0.1) is 20.1 Å². The van der Waals surface area contributed by atoms with Gasteiger partial charge >= 0.3 is 0 Å². The van der Waals surface area contributed by atoms with Crippen LogP contribution < -0.4 is 14.8 Å². The van der Waals surface area contributed by atoms with E-state index in [1.807, 2.05) is 48.2 Å². The first-order chi connectivity index (χ1) is 16.6. The fourth-order valence-corrected chi connectivity index (χ4v) is 5.45. The minimum absolute atomic E-state index is 0.0253. The second-order valence-corrected chi connectivity index (χ2v) is 9.98. The van der Waals surface area contributed by atoms with Crippen LogP contribution in [0.5, 0.6) is 11.5 Å². The summed E-state index contributed by atoms with van der Waals surface area (Å²) in [7, 11) is 3.22. The lowest BCUT2D eigenvalue weighted by Gasteiger charge is -2.26. The molecule has 8 heteroatoms. The first-order valence-electron chi connectivity index (χ1n) is 11.7. The zero-order valence-electron chi connectivity index (χ0n) is 19.9. The molecule has 182 valence electrons. The molecule has 0 radical (unpaired) electrons. The van der Waals surface area contributed by atoms with Gasteiger partial charge in [-0.3, -0.25) is 14.5 Å². The van der Waals surface area contributed by atoms with Crippen LogP contribution in [0, 0.1) is 5.92 Å². The van der Waals surface area contributed by atoms with Gasteiger partial charge in [-0.15, -0.1) is 0 Å². The largest absolute Gasteiger partial charge is 0.493 e. The van der Waals surface area contributed by atoms with Crippen molar-refractivity contribution in [3.63, 3.8) is 0 Å². The molecule has 1 atom stereocenters. The molecule has 4 rings (SSSR count). The van der Waals surface area contributed by atoms with Crippen molar-refractivity contribution in [2.75, 3.05) is 57.2 Å². The Kier molecular flexibility index (Phi) is 8.34. The molecule has 0 aliphatic carbocycles. The number of anilines is 1. The molecule has 0 aromatic heterocycles. The van der Waals surface area contributed by atoms with E-state index in [9.17, 15) is 9.59 Å². The maximum atomic E-state index is 12.9. The molecule has 2 saturated heterocycles. The van der Waals surface area contributed by atoms with Gasteiger partial charge in [0.15, 0.2) is 11.5 Å². The summed E-state index contributed by atoms with van der Waals surface area (Å²) < 4.78 is 10.6. The third-order valence-corrected chi connectivity index (χ3v) is 7.35. The molecule has 2 amide bonds. The van der Waals surface area contributed by atoms with Crippen molar-refractivity contribution >= 4 is 29.3 Å². The Labute approximate surface area is 205 Å². The number of benzene rings is 2. The van der Waals surface area contributed by atoms with Gasteiger partial charge in [-0.25, -0.2) is 0 Å². The average Bonchev–Trinajstić information content (AvgIpc) is 3.24. The molecule has 0 bridgehead atoms. The maximum absolute atomic E-state index is 12.9. The van der Waals surface area contributed by atoms with E-state index in [0.717, 1.165) is 30.9 Å². The van der Waals surface area contributed by atoms with Crippen molar-refractivity contribution < 1.29 is 19.1 Å². The third kappa shape index (κ3) is 6.24. The number of likely N-dealkylation sites (tertiary alicyclic amines) is 1. The fraction of sp³-hybridized carbons (Fsp3) is 0.462. The van der Waals surface area contributed by atoms with Gasteiger partial charge in [0.25, 0.3) is 0 Å². The van der Waals surface area contributed by atoms with Crippen LogP contribution in [0.15, 0.2) is 42.5 Å². The normalized spacial score (nSPS) is 18.7. The number of amides is 2. The second-order valence-electron chi connectivity index (χ2n) is 8.76. The number of hydrogen-bond donors (Lipinski definition) is 1. The van der Waals surface area contributed by atoms with Crippen molar-refractivity contribution in [1.29, 1.82) is 0 Å². The minimum atomic E-state index is -0.333. The lowest BCUT2D eigenvalue weighted by molar-refractivity contribution is -0.128. The molecule has 2 fully saturated rings. The Hall–Kier alpha value is -2.71. The smallest absolute Gasteiger partial charge is 0.229 e. The van der Waals surface area contributed by atoms with E-state index in [1.165, 1.54) is 17.1 Å². The summed E-state index contributed by atoms with van der Waals surface area (Å²) in [5.41, 5.74) is 3.05. The predicted molar refractivity (Wildman–Crippen MR) is 136 cm³/mol. The highest BCUT2D eigenvalue weighted by Gasteiger charge is 2.34. The lowest BCUT2D eigenvalue weighted by atomic mass is 10.1. The fourth-order valence-electron chi connectivity index (χ4n) is 4.47. The van der Waals surface area contributed by atoms with Crippen molar-refractivity contribution in [1.82, 2.24) is 9.80 Å². The highest BCUT2D eigenvalue weighted by molar-refractivity contribution is 7.99. The summed E-state index contributed by atoms with van der Waals surface area (Å²) >= 11 is 2.00. The van der Waals surface area contributed by atoms with Gasteiger partial charge in [-0.1, -0.05) is 18.2 Å². The van der Waals surface area contributed by atoms with E-state index in [0.29, 0.717) is 31.0 Å². The van der Waals surface area contributed by atoms with Gasteiger partial charge in [-0.05, 0) is 41.8 Å². The summed E-state index contributed by atoms with van der Waals surface area (Å²) in [4.78, 5) is 29.7. The molecular weight excluding hydrogens is 450 g/mol. The zero-order valence-corrected chi connectivity index (χ0v) is 20.7. The van der Waals surface area contributed by atoms with E-state index in [2.05, 4.69) is 16.3 Å². The number of methoxy groups -OCH3 is 2. The molecule has 2 aliphatic rings. The van der Waals surface area contributed by atoms with Crippen molar-refractivity contribution in [3.05, 3.63) is 53.6 Å². The standard InChI is InChI=1S/C26H33N3O4S/c1-32-23-7-6-19(15-24(23)33-2)8-9-29-18-21(16-25(29)30)26(31)27-22-5-3-4-20(14-22)17-28-10-12-34-13-11-28/h3-7,14-15,21H,8-13,16-18H2,1-2H3,(H,27,31). The summed E-state index contributed by atoms with van der Waals surface area (Å²) in [6.07, 6.45) is 0.945. The predicted octanol–water partition coefficient (Wildman–Crippen LogP) is 3.28. The first kappa shape index (κ1) is 24.4. The molecule has 1 unspecified atom stereocenters. The van der Waals surface area contributed by atoms with Crippen LogP contribution in [0.2, 0.25) is 0 Å². The van der Waals surface area contributed by atoms with E-state index in [1.54, 1.807) is 19.1 Å². The minimum Gasteiger partial charge on any atom is -0.493 e. The van der Waals surface area contributed by atoms with Gasteiger partial charge < -0.3 is 19.7 Å².